The lowest BCUT2D eigenvalue weighted by Crippen LogP contribution is -2.44. The molecule has 1 aliphatic rings. The maximum atomic E-state index is 14.1. The number of nitrogens with zero attached hydrogens (tertiary/aromatic N) is 1. The van der Waals surface area contributed by atoms with Crippen LogP contribution in [0.25, 0.3) is 0 Å². The third-order valence-corrected chi connectivity index (χ3v) is 4.25. The standard InChI is InChI=1S/C19H29FN4O2.ClH/c1-14(2)12-18(25)23-17-5-4-15(13-16(17)20)19(26)22-6-3-9-24-10-7-21-8-11-24;/h4-5,13-14,21H,3,6-12H2,1-2H3,(H,22,26)(H,23,25);1H. The van der Waals surface area contributed by atoms with Crippen LogP contribution in [-0.2, 0) is 4.79 Å². The number of amides is 2. The van der Waals surface area contributed by atoms with Gasteiger partial charge in [0.1, 0.15) is 5.82 Å². The molecular formula is C19H30ClFN4O2. The molecular weight excluding hydrogens is 371 g/mol. The highest BCUT2D eigenvalue weighted by atomic mass is 35.5. The Morgan fingerprint density at radius 1 is 1.26 bits per heavy atom. The fourth-order valence-corrected chi connectivity index (χ4v) is 2.87. The Kier molecular flexibility index (Phi) is 10.3. The van der Waals surface area contributed by atoms with Gasteiger partial charge in [0.2, 0.25) is 5.91 Å². The second-order valence-corrected chi connectivity index (χ2v) is 7.04. The van der Waals surface area contributed by atoms with Crippen molar-refractivity contribution in [3.05, 3.63) is 29.6 Å². The van der Waals surface area contributed by atoms with Crippen molar-refractivity contribution in [2.24, 2.45) is 5.92 Å². The molecule has 6 nitrogen and oxygen atoms in total. The van der Waals surface area contributed by atoms with Gasteiger partial charge in [0.05, 0.1) is 5.69 Å². The van der Waals surface area contributed by atoms with Gasteiger partial charge in [-0.15, -0.1) is 12.4 Å². The number of rotatable bonds is 8. The number of piperazine rings is 1. The van der Waals surface area contributed by atoms with E-state index in [2.05, 4.69) is 20.9 Å². The van der Waals surface area contributed by atoms with Crippen molar-refractivity contribution >= 4 is 29.9 Å². The van der Waals surface area contributed by atoms with Gasteiger partial charge in [-0.2, -0.15) is 0 Å². The molecule has 27 heavy (non-hydrogen) atoms. The van der Waals surface area contributed by atoms with E-state index in [-0.39, 0.29) is 41.4 Å². The molecule has 0 saturated carbocycles. The number of nitrogens with one attached hydrogen (secondary N) is 3. The van der Waals surface area contributed by atoms with Crippen LogP contribution in [0.5, 0.6) is 0 Å². The second-order valence-electron chi connectivity index (χ2n) is 7.04. The van der Waals surface area contributed by atoms with Gasteiger partial charge >= 0.3 is 0 Å². The fourth-order valence-electron chi connectivity index (χ4n) is 2.87. The van der Waals surface area contributed by atoms with Gasteiger partial charge in [-0.1, -0.05) is 13.8 Å². The molecule has 0 aliphatic carbocycles. The summed E-state index contributed by atoms with van der Waals surface area (Å²) in [6.07, 6.45) is 1.19. The van der Waals surface area contributed by atoms with Gasteiger partial charge in [-0.25, -0.2) is 4.39 Å². The molecule has 0 unspecified atom stereocenters. The highest BCUT2D eigenvalue weighted by Gasteiger charge is 2.13. The number of carbonyl (C=O) groups excluding carboxylic acids is 2. The molecule has 0 atom stereocenters. The van der Waals surface area contributed by atoms with E-state index in [1.54, 1.807) is 0 Å². The normalized spacial score (nSPS) is 14.5. The zero-order valence-electron chi connectivity index (χ0n) is 16.0. The van der Waals surface area contributed by atoms with Crippen LogP contribution in [0, 0.1) is 11.7 Å². The van der Waals surface area contributed by atoms with Gasteiger partial charge in [-0.05, 0) is 37.1 Å². The first-order valence-corrected chi connectivity index (χ1v) is 9.26. The molecule has 2 amide bonds. The van der Waals surface area contributed by atoms with Gasteiger partial charge in [0.15, 0.2) is 0 Å². The Morgan fingerprint density at radius 3 is 2.59 bits per heavy atom. The zero-order valence-corrected chi connectivity index (χ0v) is 16.8. The van der Waals surface area contributed by atoms with Crippen LogP contribution in [0.4, 0.5) is 10.1 Å². The Labute approximate surface area is 166 Å². The second kappa shape index (κ2) is 11.9. The van der Waals surface area contributed by atoms with Crippen molar-refractivity contribution in [3.63, 3.8) is 0 Å². The third kappa shape index (κ3) is 8.24. The lowest BCUT2D eigenvalue weighted by Gasteiger charge is -2.27. The predicted molar refractivity (Wildman–Crippen MR) is 108 cm³/mol. The van der Waals surface area contributed by atoms with E-state index in [1.807, 2.05) is 13.8 Å². The molecule has 152 valence electrons. The van der Waals surface area contributed by atoms with E-state index in [0.29, 0.717) is 13.0 Å². The average Bonchev–Trinajstić information content (AvgIpc) is 2.60. The molecule has 0 aromatic heterocycles. The fraction of sp³-hybridized carbons (Fsp3) is 0.579. The van der Waals surface area contributed by atoms with Gasteiger partial charge in [0.25, 0.3) is 5.91 Å². The summed E-state index contributed by atoms with van der Waals surface area (Å²) >= 11 is 0. The van der Waals surface area contributed by atoms with Crippen LogP contribution in [0.15, 0.2) is 18.2 Å². The molecule has 0 spiro atoms. The minimum absolute atomic E-state index is 0. The van der Waals surface area contributed by atoms with Crippen LogP contribution in [-0.4, -0.2) is 56.0 Å². The smallest absolute Gasteiger partial charge is 0.251 e. The van der Waals surface area contributed by atoms with E-state index in [0.717, 1.165) is 45.2 Å². The first-order valence-electron chi connectivity index (χ1n) is 9.26. The summed E-state index contributed by atoms with van der Waals surface area (Å²) in [7, 11) is 0. The molecule has 3 N–H and O–H groups in total. The lowest BCUT2D eigenvalue weighted by molar-refractivity contribution is -0.116. The number of hydrogen-bond donors (Lipinski definition) is 3. The monoisotopic (exact) mass is 400 g/mol. The van der Waals surface area contributed by atoms with Crippen molar-refractivity contribution in [3.8, 4) is 0 Å². The SMILES string of the molecule is CC(C)CC(=O)Nc1ccc(C(=O)NCCCN2CCNCC2)cc1F.Cl. The first kappa shape index (κ1) is 23.3. The number of carbonyl (C=O) groups is 2. The number of benzene rings is 1. The summed E-state index contributed by atoms with van der Waals surface area (Å²) in [6, 6.07) is 4.12. The number of halogens is 2. The molecule has 0 radical (unpaired) electrons. The Bertz CT molecular complexity index is 622. The molecule has 1 heterocycles. The molecule has 1 aromatic carbocycles. The third-order valence-electron chi connectivity index (χ3n) is 4.25. The number of anilines is 1. The molecule has 2 rings (SSSR count). The highest BCUT2D eigenvalue weighted by Crippen LogP contribution is 2.17. The van der Waals surface area contributed by atoms with Crippen LogP contribution in [0.3, 0.4) is 0 Å². The van der Waals surface area contributed by atoms with Crippen LogP contribution < -0.4 is 16.0 Å². The Morgan fingerprint density at radius 2 is 1.96 bits per heavy atom. The summed E-state index contributed by atoms with van der Waals surface area (Å²) in [5.74, 6) is -0.937. The van der Waals surface area contributed by atoms with Crippen molar-refractivity contribution in [2.45, 2.75) is 26.7 Å². The molecule has 1 fully saturated rings. The Balaban J connectivity index is 0.00000364. The van der Waals surface area contributed by atoms with E-state index < -0.39 is 5.82 Å². The Hall–Kier alpha value is -1.70. The molecule has 8 heteroatoms. The van der Waals surface area contributed by atoms with Crippen molar-refractivity contribution in [1.29, 1.82) is 0 Å². The molecule has 1 saturated heterocycles. The first-order chi connectivity index (χ1) is 12.5. The topological polar surface area (TPSA) is 73.5 Å². The summed E-state index contributed by atoms with van der Waals surface area (Å²) in [6.45, 7) is 9.41. The minimum atomic E-state index is -0.601. The quantitative estimate of drug-likeness (QED) is 0.585. The lowest BCUT2D eigenvalue weighted by atomic mass is 10.1. The van der Waals surface area contributed by atoms with Gasteiger partial charge < -0.3 is 20.9 Å². The van der Waals surface area contributed by atoms with E-state index >= 15 is 0 Å². The number of hydrogen-bond acceptors (Lipinski definition) is 4. The predicted octanol–water partition coefficient (Wildman–Crippen LogP) is 2.26. The summed E-state index contributed by atoms with van der Waals surface area (Å²) in [5, 5.41) is 8.66. The largest absolute Gasteiger partial charge is 0.352 e. The van der Waals surface area contributed by atoms with Crippen LogP contribution in [0.1, 0.15) is 37.0 Å². The molecule has 0 bridgehead atoms. The average molecular weight is 401 g/mol. The minimum Gasteiger partial charge on any atom is -0.352 e. The van der Waals surface area contributed by atoms with E-state index in [9.17, 15) is 14.0 Å². The molecule has 1 aliphatic heterocycles. The van der Waals surface area contributed by atoms with Gasteiger partial charge in [-0.3, -0.25) is 9.59 Å². The summed E-state index contributed by atoms with van der Waals surface area (Å²) < 4.78 is 14.1. The van der Waals surface area contributed by atoms with Crippen molar-refractivity contribution < 1.29 is 14.0 Å². The summed E-state index contributed by atoms with van der Waals surface area (Å²) in [4.78, 5) is 26.2. The van der Waals surface area contributed by atoms with Crippen molar-refractivity contribution in [1.82, 2.24) is 15.5 Å². The highest BCUT2D eigenvalue weighted by molar-refractivity contribution is 5.96. The van der Waals surface area contributed by atoms with Crippen LogP contribution in [0.2, 0.25) is 0 Å². The molecule has 1 aromatic rings. The van der Waals surface area contributed by atoms with E-state index in [4.69, 9.17) is 0 Å². The zero-order chi connectivity index (χ0) is 18.9. The maximum absolute atomic E-state index is 14.1. The summed E-state index contributed by atoms with van der Waals surface area (Å²) in [5.41, 5.74) is 0.359. The maximum Gasteiger partial charge on any atom is 0.251 e. The van der Waals surface area contributed by atoms with E-state index in [1.165, 1.54) is 12.1 Å². The van der Waals surface area contributed by atoms with Crippen molar-refractivity contribution in [2.75, 3.05) is 44.6 Å². The van der Waals surface area contributed by atoms with Gasteiger partial charge in [0, 0.05) is 44.7 Å². The van der Waals surface area contributed by atoms with Crippen LogP contribution >= 0.6 is 12.4 Å².